The van der Waals surface area contributed by atoms with Crippen molar-refractivity contribution in [2.24, 2.45) is 0 Å². The Morgan fingerprint density at radius 3 is 2.62 bits per heavy atom. The number of hydrogen-bond acceptors (Lipinski definition) is 5. The second-order valence-electron chi connectivity index (χ2n) is 7.45. The van der Waals surface area contributed by atoms with Crippen molar-refractivity contribution in [2.75, 3.05) is 19.7 Å². The van der Waals surface area contributed by atoms with Crippen molar-refractivity contribution in [3.63, 3.8) is 0 Å². The highest BCUT2D eigenvalue weighted by Gasteiger charge is 2.19. The van der Waals surface area contributed by atoms with Crippen molar-refractivity contribution in [1.29, 1.82) is 0 Å². The van der Waals surface area contributed by atoms with Gasteiger partial charge in [0.2, 0.25) is 5.88 Å². The second-order valence-corrected chi connectivity index (χ2v) is 7.45. The van der Waals surface area contributed by atoms with Crippen LogP contribution >= 0.6 is 0 Å². The third-order valence-corrected chi connectivity index (χ3v) is 4.82. The molecule has 1 aliphatic heterocycles. The molecule has 7 heteroatoms. The number of pyridine rings is 1. The van der Waals surface area contributed by atoms with Crippen LogP contribution in [0.2, 0.25) is 0 Å². The number of benzene rings is 1. The molecule has 1 N–H and O–H groups in total. The fourth-order valence-corrected chi connectivity index (χ4v) is 3.17. The van der Waals surface area contributed by atoms with Gasteiger partial charge in [0.05, 0.1) is 18.3 Å². The van der Waals surface area contributed by atoms with Crippen LogP contribution in [-0.2, 0) is 11.2 Å². The molecule has 1 fully saturated rings. The van der Waals surface area contributed by atoms with E-state index in [4.69, 9.17) is 14.2 Å². The first-order valence-electron chi connectivity index (χ1n) is 10.0. The largest absolute Gasteiger partial charge is 0.490 e. The maximum absolute atomic E-state index is 14.5. The van der Waals surface area contributed by atoms with E-state index in [0.29, 0.717) is 17.9 Å². The zero-order chi connectivity index (χ0) is 20.8. The van der Waals surface area contributed by atoms with Crippen LogP contribution < -0.4 is 14.8 Å². The van der Waals surface area contributed by atoms with Crippen LogP contribution in [0, 0.1) is 18.6 Å². The van der Waals surface area contributed by atoms with E-state index in [-0.39, 0.29) is 35.8 Å². The first-order chi connectivity index (χ1) is 13.9. The summed E-state index contributed by atoms with van der Waals surface area (Å²) < 4.78 is 46.0. The van der Waals surface area contributed by atoms with E-state index < -0.39 is 11.6 Å². The summed E-state index contributed by atoms with van der Waals surface area (Å²) in [5.41, 5.74) is 0.906. The summed E-state index contributed by atoms with van der Waals surface area (Å²) in [5, 5.41) is 3.29. The molecular weight excluding hydrogens is 378 g/mol. The van der Waals surface area contributed by atoms with E-state index in [1.807, 2.05) is 13.8 Å². The van der Waals surface area contributed by atoms with E-state index >= 15 is 0 Å². The average molecular weight is 406 g/mol. The minimum absolute atomic E-state index is 0.0407. The van der Waals surface area contributed by atoms with Gasteiger partial charge < -0.3 is 19.5 Å². The van der Waals surface area contributed by atoms with Gasteiger partial charge >= 0.3 is 0 Å². The summed E-state index contributed by atoms with van der Waals surface area (Å²) in [6.45, 7) is 7.74. The van der Waals surface area contributed by atoms with Crippen LogP contribution in [0.5, 0.6) is 17.4 Å². The molecule has 5 nitrogen and oxygen atoms in total. The normalized spacial score (nSPS) is 15.0. The first kappa shape index (κ1) is 21.5. The zero-order valence-electron chi connectivity index (χ0n) is 17.1. The van der Waals surface area contributed by atoms with Crippen LogP contribution in [0.15, 0.2) is 24.4 Å². The highest BCUT2D eigenvalue weighted by atomic mass is 19.1. The Balaban J connectivity index is 1.72. The molecule has 1 aromatic carbocycles. The number of halogens is 2. The van der Waals surface area contributed by atoms with Crippen molar-refractivity contribution in [3.8, 4) is 17.4 Å². The molecular formula is C22H28F2N2O3. The van der Waals surface area contributed by atoms with Gasteiger partial charge in [-0.15, -0.1) is 0 Å². The van der Waals surface area contributed by atoms with Crippen LogP contribution in [0.4, 0.5) is 8.78 Å². The number of piperidine rings is 1. The molecule has 0 aliphatic carbocycles. The Bertz CT molecular complexity index is 824. The molecule has 0 atom stereocenters. The molecule has 1 saturated heterocycles. The lowest BCUT2D eigenvalue weighted by atomic mass is 10.1. The lowest BCUT2D eigenvalue weighted by Gasteiger charge is -2.24. The molecule has 3 rings (SSSR count). The number of nitrogens with one attached hydrogen (secondary N) is 1. The highest BCUT2D eigenvalue weighted by molar-refractivity contribution is 5.42. The number of rotatable bonds is 8. The molecule has 29 heavy (non-hydrogen) atoms. The maximum atomic E-state index is 14.5. The summed E-state index contributed by atoms with van der Waals surface area (Å²) in [5.74, 6) is -0.535. The van der Waals surface area contributed by atoms with E-state index in [1.54, 1.807) is 19.2 Å². The summed E-state index contributed by atoms with van der Waals surface area (Å²) in [7, 11) is 0. The average Bonchev–Trinajstić information content (AvgIpc) is 2.69. The Hall–Kier alpha value is -2.25. The highest BCUT2D eigenvalue weighted by Crippen LogP contribution is 2.32. The third kappa shape index (κ3) is 5.87. The predicted molar refractivity (Wildman–Crippen MR) is 107 cm³/mol. The summed E-state index contributed by atoms with van der Waals surface area (Å²) >= 11 is 0. The van der Waals surface area contributed by atoms with Gasteiger partial charge in [0.15, 0.2) is 11.6 Å². The van der Waals surface area contributed by atoms with Crippen LogP contribution in [-0.4, -0.2) is 36.9 Å². The number of nitrogens with zero attached hydrogens (tertiary/aromatic N) is 1. The molecule has 1 aromatic heterocycles. The molecule has 0 bridgehead atoms. The van der Waals surface area contributed by atoms with Gasteiger partial charge in [0, 0.05) is 12.3 Å². The van der Waals surface area contributed by atoms with E-state index in [9.17, 15) is 8.78 Å². The van der Waals surface area contributed by atoms with Crippen molar-refractivity contribution >= 4 is 0 Å². The summed E-state index contributed by atoms with van der Waals surface area (Å²) in [4.78, 5) is 4.17. The van der Waals surface area contributed by atoms with Crippen LogP contribution in [0.1, 0.15) is 37.8 Å². The SMILES string of the molecule is Cc1c(OC2CCNCC2)ccnc1Oc1cc(F)c(CCOC(C)C)cc1F. The minimum atomic E-state index is -0.642. The second kappa shape index (κ2) is 9.98. The van der Waals surface area contributed by atoms with Gasteiger partial charge in [-0.25, -0.2) is 13.8 Å². The Labute approximate surface area is 170 Å². The van der Waals surface area contributed by atoms with Gasteiger partial charge in [-0.2, -0.15) is 0 Å². The molecule has 1 aliphatic rings. The van der Waals surface area contributed by atoms with Gasteiger partial charge in [-0.05, 0) is 70.8 Å². The van der Waals surface area contributed by atoms with Crippen molar-refractivity contribution < 1.29 is 23.0 Å². The van der Waals surface area contributed by atoms with E-state index in [0.717, 1.165) is 38.1 Å². The molecule has 0 spiro atoms. The summed E-state index contributed by atoms with van der Waals surface area (Å²) in [6, 6.07) is 3.97. The molecule has 0 radical (unpaired) electrons. The van der Waals surface area contributed by atoms with Crippen molar-refractivity contribution in [3.05, 3.63) is 47.2 Å². The molecule has 158 valence electrons. The third-order valence-electron chi connectivity index (χ3n) is 4.82. The van der Waals surface area contributed by atoms with E-state index in [1.165, 1.54) is 0 Å². The van der Waals surface area contributed by atoms with Gasteiger partial charge in [0.25, 0.3) is 0 Å². The standard InChI is InChI=1S/C22H28F2N2O3/c1-14(2)27-11-7-16-12-19(24)21(13-18(16)23)29-22-15(3)20(6-10-26-22)28-17-4-8-25-9-5-17/h6,10,12-14,17,25H,4-5,7-9,11H2,1-3H3. The van der Waals surface area contributed by atoms with Crippen LogP contribution in [0.3, 0.4) is 0 Å². The van der Waals surface area contributed by atoms with Crippen LogP contribution in [0.25, 0.3) is 0 Å². The monoisotopic (exact) mass is 406 g/mol. The molecule has 0 amide bonds. The lowest BCUT2D eigenvalue weighted by Crippen LogP contribution is -2.34. The fraction of sp³-hybridized carbons (Fsp3) is 0.500. The smallest absolute Gasteiger partial charge is 0.226 e. The zero-order valence-corrected chi connectivity index (χ0v) is 17.1. The van der Waals surface area contributed by atoms with Gasteiger partial charge in [-0.3, -0.25) is 0 Å². The number of aromatic nitrogens is 1. The predicted octanol–water partition coefficient (Wildman–Crippen LogP) is 4.56. The molecule has 2 heterocycles. The number of hydrogen-bond donors (Lipinski definition) is 1. The Kier molecular flexibility index (Phi) is 7.39. The van der Waals surface area contributed by atoms with Gasteiger partial charge in [-0.1, -0.05) is 0 Å². The molecule has 0 unspecified atom stereocenters. The fourth-order valence-electron chi connectivity index (χ4n) is 3.17. The van der Waals surface area contributed by atoms with Gasteiger partial charge in [0.1, 0.15) is 17.7 Å². The number of ether oxygens (including phenoxy) is 3. The molecule has 2 aromatic rings. The van der Waals surface area contributed by atoms with E-state index in [2.05, 4.69) is 10.3 Å². The minimum Gasteiger partial charge on any atom is -0.490 e. The quantitative estimate of drug-likeness (QED) is 0.697. The Morgan fingerprint density at radius 1 is 1.14 bits per heavy atom. The Morgan fingerprint density at radius 2 is 1.90 bits per heavy atom. The van der Waals surface area contributed by atoms with Crippen molar-refractivity contribution in [1.82, 2.24) is 10.3 Å². The summed E-state index contributed by atoms with van der Waals surface area (Å²) in [6.07, 6.45) is 3.83. The maximum Gasteiger partial charge on any atom is 0.226 e. The topological polar surface area (TPSA) is 52.6 Å². The molecule has 0 saturated carbocycles. The lowest BCUT2D eigenvalue weighted by molar-refractivity contribution is 0.0809. The first-order valence-corrected chi connectivity index (χ1v) is 10.0. The van der Waals surface area contributed by atoms with Crippen molar-refractivity contribution in [2.45, 2.75) is 52.2 Å².